The van der Waals surface area contributed by atoms with Crippen LogP contribution in [-0.4, -0.2) is 35.4 Å². The summed E-state index contributed by atoms with van der Waals surface area (Å²) in [5.74, 6) is 0.818. The topological polar surface area (TPSA) is 29.6 Å². The van der Waals surface area contributed by atoms with Crippen LogP contribution in [-0.2, 0) is 6.54 Å². The molecule has 4 aromatic rings. The van der Waals surface area contributed by atoms with Crippen molar-refractivity contribution < 1.29 is 10.0 Å². The summed E-state index contributed by atoms with van der Waals surface area (Å²) in [6.45, 7) is 10.5. The first-order valence-corrected chi connectivity index (χ1v) is 12.8. The Morgan fingerprint density at radius 2 is 1.53 bits per heavy atom. The molecule has 1 aliphatic heterocycles. The van der Waals surface area contributed by atoms with E-state index in [1.54, 1.807) is 4.90 Å². The molecule has 5 rings (SSSR count). The second-order valence-electron chi connectivity index (χ2n) is 10.3. The maximum Gasteiger partial charge on any atom is 0.121 e. The van der Waals surface area contributed by atoms with Gasteiger partial charge in [0, 0.05) is 10.9 Å². The van der Waals surface area contributed by atoms with Gasteiger partial charge >= 0.3 is 0 Å². The Labute approximate surface area is 203 Å². The number of rotatable bonds is 6. The summed E-state index contributed by atoms with van der Waals surface area (Å²) in [6.07, 6.45) is 2.14. The van der Waals surface area contributed by atoms with Gasteiger partial charge in [-0.05, 0) is 55.4 Å². The highest BCUT2D eigenvalue weighted by molar-refractivity contribution is 6.06. The number of nitrogens with zero attached hydrogens (tertiary/aromatic N) is 1. The first-order chi connectivity index (χ1) is 16.5. The maximum atomic E-state index is 11.3. The van der Waals surface area contributed by atoms with E-state index in [0.29, 0.717) is 6.54 Å². The average molecular weight is 454 g/mol. The van der Waals surface area contributed by atoms with E-state index in [4.69, 9.17) is 0 Å². The number of piperidine rings is 1. The van der Waals surface area contributed by atoms with E-state index < -0.39 is 0 Å². The molecule has 1 fully saturated rings. The van der Waals surface area contributed by atoms with Gasteiger partial charge in [-0.25, -0.2) is 0 Å². The summed E-state index contributed by atoms with van der Waals surface area (Å²) in [7, 11) is 0. The molecule has 2 heterocycles. The Balaban J connectivity index is 1.66. The Bertz CT molecular complexity index is 1250. The molecule has 0 bridgehead atoms. The van der Waals surface area contributed by atoms with Gasteiger partial charge in [0.25, 0.3) is 0 Å². The summed E-state index contributed by atoms with van der Waals surface area (Å²) in [5, 5.41) is 12.6. The van der Waals surface area contributed by atoms with Crippen molar-refractivity contribution in [3.05, 3.63) is 83.9 Å². The van der Waals surface area contributed by atoms with Crippen molar-refractivity contribution in [2.24, 2.45) is 5.92 Å². The number of aromatic nitrogens is 1. The van der Waals surface area contributed by atoms with Crippen LogP contribution in [0.4, 0.5) is 0 Å². The van der Waals surface area contributed by atoms with Crippen LogP contribution in [0.5, 0.6) is 0 Å². The standard InChI is InChI=1S/C31H36N2O/c1-22-14-16-32(17-15-22)20-27(34)21-33-30-24(3)18-23(2)19-28(30)29(25-10-6-4-7-11-25)31(33)26-12-8-5-9-13-26/h4-13,18-19,22,27,34H,14-17,20-21H2,1-3H3/p+1/t27-/m1/s1. The van der Waals surface area contributed by atoms with E-state index in [-0.39, 0.29) is 6.10 Å². The number of fused-ring (bicyclic) bond motifs is 1. The van der Waals surface area contributed by atoms with Gasteiger partial charge < -0.3 is 14.6 Å². The molecule has 1 aliphatic rings. The summed E-state index contributed by atoms with van der Waals surface area (Å²) in [4.78, 5) is 1.54. The fourth-order valence-electron chi connectivity index (χ4n) is 5.84. The molecule has 0 unspecified atom stereocenters. The third-order valence-corrected chi connectivity index (χ3v) is 7.50. The zero-order valence-electron chi connectivity index (χ0n) is 20.7. The van der Waals surface area contributed by atoms with E-state index in [9.17, 15) is 5.11 Å². The zero-order valence-corrected chi connectivity index (χ0v) is 20.7. The lowest BCUT2D eigenvalue weighted by Crippen LogP contribution is -3.14. The lowest BCUT2D eigenvalue weighted by atomic mass is 9.97. The molecule has 1 saturated heterocycles. The number of nitrogens with one attached hydrogen (secondary N) is 1. The van der Waals surface area contributed by atoms with Crippen molar-refractivity contribution in [1.82, 2.24) is 4.57 Å². The number of aliphatic hydroxyl groups is 1. The van der Waals surface area contributed by atoms with Crippen molar-refractivity contribution in [2.45, 2.75) is 46.3 Å². The number of benzene rings is 3. The van der Waals surface area contributed by atoms with Crippen molar-refractivity contribution in [2.75, 3.05) is 19.6 Å². The predicted octanol–water partition coefficient (Wildman–Crippen LogP) is 5.27. The maximum absolute atomic E-state index is 11.3. The zero-order chi connectivity index (χ0) is 23.7. The number of aliphatic hydroxyl groups excluding tert-OH is 1. The predicted molar refractivity (Wildman–Crippen MR) is 142 cm³/mol. The average Bonchev–Trinajstić information content (AvgIpc) is 3.15. The van der Waals surface area contributed by atoms with E-state index in [1.807, 2.05) is 0 Å². The molecule has 1 atom stereocenters. The Morgan fingerprint density at radius 1 is 0.912 bits per heavy atom. The van der Waals surface area contributed by atoms with Crippen molar-refractivity contribution >= 4 is 10.9 Å². The minimum absolute atomic E-state index is 0.384. The highest BCUT2D eigenvalue weighted by Gasteiger charge is 2.26. The fraction of sp³-hybridized carbons (Fsp3) is 0.355. The molecular formula is C31H37N2O+. The first-order valence-electron chi connectivity index (χ1n) is 12.8. The minimum Gasteiger partial charge on any atom is -0.385 e. The fourth-order valence-corrected chi connectivity index (χ4v) is 5.84. The van der Waals surface area contributed by atoms with Crippen LogP contribution in [0.15, 0.2) is 72.8 Å². The summed E-state index contributed by atoms with van der Waals surface area (Å²) < 4.78 is 2.40. The normalized spacial score (nSPS) is 19.4. The lowest BCUT2D eigenvalue weighted by Gasteiger charge is -2.29. The van der Waals surface area contributed by atoms with Crippen LogP contribution in [0.2, 0.25) is 0 Å². The summed E-state index contributed by atoms with van der Waals surface area (Å²) in [6, 6.07) is 26.0. The van der Waals surface area contributed by atoms with E-state index >= 15 is 0 Å². The quantitative estimate of drug-likeness (QED) is 0.409. The van der Waals surface area contributed by atoms with Crippen molar-refractivity contribution in [3.63, 3.8) is 0 Å². The van der Waals surface area contributed by atoms with Crippen molar-refractivity contribution in [1.29, 1.82) is 0 Å². The van der Waals surface area contributed by atoms with E-state index in [1.165, 1.54) is 70.3 Å². The van der Waals surface area contributed by atoms with E-state index in [2.05, 4.69) is 98.1 Å². The molecule has 3 nitrogen and oxygen atoms in total. The first kappa shape index (κ1) is 22.9. The van der Waals surface area contributed by atoms with Crippen LogP contribution in [0.3, 0.4) is 0 Å². The third-order valence-electron chi connectivity index (χ3n) is 7.50. The molecule has 0 aliphatic carbocycles. The second kappa shape index (κ2) is 9.77. The van der Waals surface area contributed by atoms with Gasteiger partial charge in [-0.2, -0.15) is 0 Å². The highest BCUT2D eigenvalue weighted by Crippen LogP contribution is 2.42. The highest BCUT2D eigenvalue weighted by atomic mass is 16.3. The van der Waals surface area contributed by atoms with Gasteiger partial charge in [0.15, 0.2) is 0 Å². The lowest BCUT2D eigenvalue weighted by molar-refractivity contribution is -0.909. The number of likely N-dealkylation sites (tertiary alicyclic amines) is 1. The number of hydrogen-bond donors (Lipinski definition) is 2. The Hall–Kier alpha value is -2.88. The van der Waals surface area contributed by atoms with Crippen LogP contribution in [0.1, 0.15) is 30.9 Å². The van der Waals surface area contributed by atoms with Crippen LogP contribution < -0.4 is 4.90 Å². The molecule has 0 spiro atoms. The van der Waals surface area contributed by atoms with Gasteiger partial charge in [-0.1, -0.05) is 79.2 Å². The van der Waals surface area contributed by atoms with Crippen LogP contribution in [0, 0.1) is 19.8 Å². The summed E-state index contributed by atoms with van der Waals surface area (Å²) >= 11 is 0. The van der Waals surface area contributed by atoms with Crippen LogP contribution in [0.25, 0.3) is 33.3 Å². The molecule has 1 aromatic heterocycles. The van der Waals surface area contributed by atoms with Gasteiger partial charge in [0.05, 0.1) is 30.8 Å². The Kier molecular flexibility index (Phi) is 6.58. The van der Waals surface area contributed by atoms with E-state index in [0.717, 1.165) is 12.5 Å². The molecule has 0 amide bonds. The number of hydrogen-bond acceptors (Lipinski definition) is 1. The molecule has 0 radical (unpaired) electrons. The SMILES string of the molecule is Cc1cc(C)c2c(c1)c(-c1ccccc1)c(-c1ccccc1)n2C[C@H](O)C[NH+]1CCC(C)CC1. The largest absolute Gasteiger partial charge is 0.385 e. The molecule has 34 heavy (non-hydrogen) atoms. The molecule has 0 saturated carbocycles. The van der Waals surface area contributed by atoms with Gasteiger partial charge in [0.1, 0.15) is 12.6 Å². The van der Waals surface area contributed by atoms with Gasteiger partial charge in [-0.15, -0.1) is 0 Å². The molecule has 2 N–H and O–H groups in total. The number of aryl methyl sites for hydroxylation is 2. The second-order valence-corrected chi connectivity index (χ2v) is 10.3. The third kappa shape index (κ3) is 4.55. The molecule has 176 valence electrons. The van der Waals surface area contributed by atoms with Crippen LogP contribution >= 0.6 is 0 Å². The van der Waals surface area contributed by atoms with Crippen molar-refractivity contribution in [3.8, 4) is 22.4 Å². The van der Waals surface area contributed by atoms with Gasteiger partial charge in [-0.3, -0.25) is 0 Å². The smallest absolute Gasteiger partial charge is 0.121 e. The van der Waals surface area contributed by atoms with Gasteiger partial charge in [0.2, 0.25) is 0 Å². The molecule has 3 aromatic carbocycles. The molecular weight excluding hydrogens is 416 g/mol. The Morgan fingerprint density at radius 3 is 2.18 bits per heavy atom. The number of quaternary nitrogens is 1. The molecule has 3 heteroatoms. The monoisotopic (exact) mass is 453 g/mol. The summed E-state index contributed by atoms with van der Waals surface area (Å²) in [5.41, 5.74) is 8.66. The minimum atomic E-state index is -0.384.